The van der Waals surface area contributed by atoms with Gasteiger partial charge in [-0.25, -0.2) is 0 Å². The predicted molar refractivity (Wildman–Crippen MR) is 63.2 cm³/mol. The van der Waals surface area contributed by atoms with Crippen LogP contribution in [0.1, 0.15) is 18.5 Å². The average molecular weight is 246 g/mol. The summed E-state index contributed by atoms with van der Waals surface area (Å²) in [6, 6.07) is 2.93. The molecule has 3 N–H and O–H groups in total. The number of methoxy groups -OCH3 is 1. The second-order valence-corrected chi connectivity index (χ2v) is 3.66. The summed E-state index contributed by atoms with van der Waals surface area (Å²) in [5.74, 6) is 1.02. The molecular weight excluding hydrogens is 230 g/mol. The summed E-state index contributed by atoms with van der Waals surface area (Å²) >= 11 is 6.05. The minimum atomic E-state index is -0.470. The van der Waals surface area contributed by atoms with Crippen molar-refractivity contribution in [1.82, 2.24) is 0 Å². The number of ether oxygens (including phenoxy) is 2. The lowest BCUT2D eigenvalue weighted by atomic mass is 10.1. The van der Waals surface area contributed by atoms with Crippen LogP contribution in [0.2, 0.25) is 5.02 Å². The normalized spacial score (nSPS) is 12.3. The summed E-state index contributed by atoms with van der Waals surface area (Å²) in [7, 11) is 1.53. The number of aliphatic hydroxyl groups is 1. The topological polar surface area (TPSA) is 64.7 Å². The van der Waals surface area contributed by atoms with Gasteiger partial charge < -0.3 is 20.3 Å². The highest BCUT2D eigenvalue weighted by Crippen LogP contribution is 2.37. The van der Waals surface area contributed by atoms with Gasteiger partial charge in [-0.2, -0.15) is 0 Å². The molecule has 16 heavy (non-hydrogen) atoms. The number of nitrogens with two attached hydrogens (primary N) is 1. The third-order valence-electron chi connectivity index (χ3n) is 2.17. The Kier molecular flexibility index (Phi) is 4.86. The van der Waals surface area contributed by atoms with Gasteiger partial charge in [0.05, 0.1) is 31.4 Å². The van der Waals surface area contributed by atoms with Crippen molar-refractivity contribution < 1.29 is 14.6 Å². The number of hydrogen-bond donors (Lipinski definition) is 2. The van der Waals surface area contributed by atoms with Crippen molar-refractivity contribution in [3.05, 3.63) is 22.7 Å². The fourth-order valence-electron chi connectivity index (χ4n) is 1.34. The van der Waals surface area contributed by atoms with Crippen molar-refractivity contribution in [3.63, 3.8) is 0 Å². The Labute approximate surface area is 99.9 Å². The molecule has 0 aliphatic rings. The molecule has 0 aliphatic carbocycles. The standard InChI is InChI=1S/C11H16ClNO3/c1-3-16-11-8(12)4-7(9(13)6-14)5-10(11)15-2/h4-5,9,14H,3,6,13H2,1-2H3/t9-/m1/s1. The molecule has 5 heteroatoms. The van der Waals surface area contributed by atoms with Crippen molar-refractivity contribution in [2.24, 2.45) is 5.73 Å². The van der Waals surface area contributed by atoms with Crippen LogP contribution in [0.5, 0.6) is 11.5 Å². The van der Waals surface area contributed by atoms with Crippen molar-refractivity contribution in [1.29, 1.82) is 0 Å². The van der Waals surface area contributed by atoms with E-state index in [0.29, 0.717) is 28.7 Å². The van der Waals surface area contributed by atoms with E-state index in [1.807, 2.05) is 6.92 Å². The van der Waals surface area contributed by atoms with Gasteiger partial charge in [0.15, 0.2) is 11.5 Å². The first-order chi connectivity index (χ1) is 7.63. The number of benzene rings is 1. The number of hydrogen-bond acceptors (Lipinski definition) is 4. The molecule has 1 atom stereocenters. The molecule has 4 nitrogen and oxygen atoms in total. The Hall–Kier alpha value is -0.970. The molecule has 1 rings (SSSR count). The zero-order chi connectivity index (χ0) is 12.1. The molecule has 90 valence electrons. The fraction of sp³-hybridized carbons (Fsp3) is 0.455. The van der Waals surface area contributed by atoms with Gasteiger partial charge in [-0.3, -0.25) is 0 Å². The van der Waals surface area contributed by atoms with Crippen molar-refractivity contribution in [2.45, 2.75) is 13.0 Å². The van der Waals surface area contributed by atoms with E-state index >= 15 is 0 Å². The van der Waals surface area contributed by atoms with Crippen LogP contribution in [-0.4, -0.2) is 25.4 Å². The SMILES string of the molecule is CCOc1c(Cl)cc([C@H](N)CO)cc1OC. The van der Waals surface area contributed by atoms with Gasteiger partial charge in [0, 0.05) is 0 Å². The Morgan fingerprint density at radius 1 is 1.50 bits per heavy atom. The smallest absolute Gasteiger partial charge is 0.179 e. The molecule has 0 aromatic heterocycles. The van der Waals surface area contributed by atoms with Crippen molar-refractivity contribution >= 4 is 11.6 Å². The summed E-state index contributed by atoms with van der Waals surface area (Å²) in [5.41, 5.74) is 6.42. The third-order valence-corrected chi connectivity index (χ3v) is 2.45. The molecule has 0 saturated heterocycles. The number of rotatable bonds is 5. The molecule has 0 radical (unpaired) electrons. The molecule has 1 aromatic carbocycles. The van der Waals surface area contributed by atoms with Crippen molar-refractivity contribution in [3.8, 4) is 11.5 Å². The lowest BCUT2D eigenvalue weighted by Crippen LogP contribution is -2.14. The highest BCUT2D eigenvalue weighted by atomic mass is 35.5. The summed E-state index contributed by atoms with van der Waals surface area (Å²) in [5, 5.41) is 9.41. The zero-order valence-corrected chi connectivity index (χ0v) is 10.1. The summed E-state index contributed by atoms with van der Waals surface area (Å²) < 4.78 is 10.5. The maximum absolute atomic E-state index is 8.98. The van der Waals surface area contributed by atoms with Crippen LogP contribution < -0.4 is 15.2 Å². The maximum Gasteiger partial charge on any atom is 0.179 e. The Bertz CT molecular complexity index is 357. The van der Waals surface area contributed by atoms with E-state index in [1.54, 1.807) is 12.1 Å². The molecule has 0 spiro atoms. The number of halogens is 1. The second kappa shape index (κ2) is 5.94. The minimum Gasteiger partial charge on any atom is -0.493 e. The molecular formula is C11H16ClNO3. The van der Waals surface area contributed by atoms with Gasteiger partial charge >= 0.3 is 0 Å². The number of aliphatic hydroxyl groups excluding tert-OH is 1. The van der Waals surface area contributed by atoms with Gasteiger partial charge in [-0.15, -0.1) is 0 Å². The Morgan fingerprint density at radius 2 is 2.19 bits per heavy atom. The molecule has 0 bridgehead atoms. The lowest BCUT2D eigenvalue weighted by molar-refractivity contribution is 0.267. The van der Waals surface area contributed by atoms with E-state index < -0.39 is 6.04 Å². The quantitative estimate of drug-likeness (QED) is 0.829. The van der Waals surface area contributed by atoms with Crippen LogP contribution in [0, 0.1) is 0 Å². The first-order valence-electron chi connectivity index (χ1n) is 5.00. The van der Waals surface area contributed by atoms with E-state index in [9.17, 15) is 0 Å². The van der Waals surface area contributed by atoms with Gasteiger partial charge in [0.25, 0.3) is 0 Å². The summed E-state index contributed by atoms with van der Waals surface area (Å²) in [6.07, 6.45) is 0. The first-order valence-corrected chi connectivity index (χ1v) is 5.38. The first kappa shape index (κ1) is 13.1. The van der Waals surface area contributed by atoms with Gasteiger partial charge in [0.2, 0.25) is 0 Å². The molecule has 0 fully saturated rings. The predicted octanol–water partition coefficient (Wildman–Crippen LogP) is 1.74. The van der Waals surface area contributed by atoms with Crippen LogP contribution in [-0.2, 0) is 0 Å². The van der Waals surface area contributed by atoms with Crippen LogP contribution in [0.4, 0.5) is 0 Å². The summed E-state index contributed by atoms with van der Waals surface area (Å²) in [4.78, 5) is 0. The van der Waals surface area contributed by atoms with Crippen LogP contribution >= 0.6 is 11.6 Å². The van der Waals surface area contributed by atoms with E-state index in [2.05, 4.69) is 0 Å². The van der Waals surface area contributed by atoms with Crippen LogP contribution in [0.25, 0.3) is 0 Å². The van der Waals surface area contributed by atoms with E-state index in [4.69, 9.17) is 31.9 Å². The highest BCUT2D eigenvalue weighted by molar-refractivity contribution is 6.32. The van der Waals surface area contributed by atoms with Gasteiger partial charge in [0.1, 0.15) is 0 Å². The zero-order valence-electron chi connectivity index (χ0n) is 9.37. The lowest BCUT2D eigenvalue weighted by Gasteiger charge is -2.15. The van der Waals surface area contributed by atoms with Gasteiger partial charge in [-0.1, -0.05) is 11.6 Å². The maximum atomic E-state index is 8.98. The monoisotopic (exact) mass is 245 g/mol. The molecule has 0 amide bonds. The van der Waals surface area contributed by atoms with Crippen LogP contribution in [0.15, 0.2) is 12.1 Å². The van der Waals surface area contributed by atoms with E-state index in [-0.39, 0.29) is 6.61 Å². The highest BCUT2D eigenvalue weighted by Gasteiger charge is 2.14. The Morgan fingerprint density at radius 3 is 2.69 bits per heavy atom. The van der Waals surface area contributed by atoms with E-state index in [0.717, 1.165) is 0 Å². The van der Waals surface area contributed by atoms with E-state index in [1.165, 1.54) is 7.11 Å². The van der Waals surface area contributed by atoms with Crippen molar-refractivity contribution in [2.75, 3.05) is 20.3 Å². The van der Waals surface area contributed by atoms with Crippen LogP contribution in [0.3, 0.4) is 0 Å². The minimum absolute atomic E-state index is 0.145. The largest absolute Gasteiger partial charge is 0.493 e. The molecule has 0 saturated carbocycles. The molecule has 1 aromatic rings. The molecule has 0 unspecified atom stereocenters. The molecule has 0 heterocycles. The second-order valence-electron chi connectivity index (χ2n) is 3.26. The summed E-state index contributed by atoms with van der Waals surface area (Å²) in [6.45, 7) is 2.22. The molecule has 0 aliphatic heterocycles. The van der Waals surface area contributed by atoms with Gasteiger partial charge in [-0.05, 0) is 24.6 Å². The fourth-order valence-corrected chi connectivity index (χ4v) is 1.62. The average Bonchev–Trinajstić information content (AvgIpc) is 2.30. The third kappa shape index (κ3) is 2.78. The Balaban J connectivity index is 3.15.